The Morgan fingerprint density at radius 2 is 1.81 bits per heavy atom. The summed E-state index contributed by atoms with van der Waals surface area (Å²) in [5, 5.41) is 3.09. The van der Waals surface area contributed by atoms with Crippen LogP contribution in [0.3, 0.4) is 0 Å². The highest BCUT2D eigenvalue weighted by Gasteiger charge is 2.31. The van der Waals surface area contributed by atoms with E-state index in [0.29, 0.717) is 50.5 Å². The number of benzene rings is 1. The summed E-state index contributed by atoms with van der Waals surface area (Å²) in [4.78, 5) is 37.8. The monoisotopic (exact) mass is 372 g/mol. The average Bonchev–Trinajstić information content (AvgIpc) is 2.71. The lowest BCUT2D eigenvalue weighted by Crippen LogP contribution is -2.46. The molecule has 1 saturated heterocycles. The summed E-state index contributed by atoms with van der Waals surface area (Å²) < 4.78 is 10.2. The zero-order chi connectivity index (χ0) is 19.4. The van der Waals surface area contributed by atoms with Crippen LogP contribution >= 0.6 is 0 Å². The van der Waals surface area contributed by atoms with Crippen LogP contribution in [0.15, 0.2) is 33.9 Å². The number of nitrogens with one attached hydrogen (secondary N) is 1. The van der Waals surface area contributed by atoms with Gasteiger partial charge in [-0.05, 0) is 37.5 Å². The standard InChI is InChI=1S/C20H24N2O5/c1-3-27-20(25)14-8-10-22(11-9-14)17-16(18(23)19(17)24)21-12-13-4-6-15(26-2)7-5-13/h4-7,14,21H,3,8-12H2,1-2H3. The van der Waals surface area contributed by atoms with E-state index in [4.69, 9.17) is 9.47 Å². The molecule has 0 aliphatic carbocycles. The van der Waals surface area contributed by atoms with E-state index in [0.717, 1.165) is 11.3 Å². The molecule has 1 heterocycles. The predicted octanol–water partition coefficient (Wildman–Crippen LogP) is 1.68. The Bertz CT molecular complexity index is 860. The summed E-state index contributed by atoms with van der Waals surface area (Å²) in [5.74, 6) is 0.446. The smallest absolute Gasteiger partial charge is 0.309 e. The number of rotatable bonds is 7. The van der Waals surface area contributed by atoms with Gasteiger partial charge in [-0.3, -0.25) is 14.4 Å². The van der Waals surface area contributed by atoms with Gasteiger partial charge in [0.05, 0.1) is 19.6 Å². The quantitative estimate of drug-likeness (QED) is 0.585. The fraction of sp³-hybridized carbons (Fsp3) is 0.450. The van der Waals surface area contributed by atoms with Gasteiger partial charge in [0.2, 0.25) is 0 Å². The maximum absolute atomic E-state index is 12.1. The Labute approximate surface area is 157 Å². The lowest BCUT2D eigenvalue weighted by Gasteiger charge is -2.34. The molecule has 144 valence electrons. The van der Waals surface area contributed by atoms with Crippen molar-refractivity contribution >= 4 is 17.3 Å². The minimum atomic E-state index is -0.481. The van der Waals surface area contributed by atoms with E-state index in [9.17, 15) is 14.4 Å². The van der Waals surface area contributed by atoms with Crippen LogP contribution in [0.25, 0.3) is 0 Å². The summed E-state index contributed by atoms with van der Waals surface area (Å²) in [6.07, 6.45) is 1.24. The third kappa shape index (κ3) is 3.97. The van der Waals surface area contributed by atoms with Gasteiger partial charge < -0.3 is 19.7 Å². The highest BCUT2D eigenvalue weighted by Crippen LogP contribution is 2.27. The van der Waals surface area contributed by atoms with Crippen molar-refractivity contribution in [1.29, 1.82) is 0 Å². The van der Waals surface area contributed by atoms with E-state index in [1.807, 2.05) is 29.2 Å². The van der Waals surface area contributed by atoms with Gasteiger partial charge in [-0.2, -0.15) is 0 Å². The number of carbonyl (C=O) groups is 1. The van der Waals surface area contributed by atoms with Crippen molar-refractivity contribution in [2.75, 3.05) is 37.0 Å². The molecule has 0 amide bonds. The van der Waals surface area contributed by atoms with Gasteiger partial charge in [-0.25, -0.2) is 0 Å². The van der Waals surface area contributed by atoms with Crippen molar-refractivity contribution in [1.82, 2.24) is 0 Å². The van der Waals surface area contributed by atoms with Gasteiger partial charge in [-0.1, -0.05) is 12.1 Å². The summed E-state index contributed by atoms with van der Waals surface area (Å²) in [6.45, 7) is 3.73. The molecule has 2 aromatic rings. The van der Waals surface area contributed by atoms with Crippen molar-refractivity contribution in [2.45, 2.75) is 26.3 Å². The number of esters is 1. The largest absolute Gasteiger partial charge is 0.497 e. The number of ether oxygens (including phenoxy) is 2. The maximum atomic E-state index is 12.1. The first-order valence-corrected chi connectivity index (χ1v) is 9.16. The molecular formula is C20H24N2O5. The number of nitrogens with zero attached hydrogens (tertiary/aromatic N) is 1. The van der Waals surface area contributed by atoms with E-state index in [1.54, 1.807) is 14.0 Å². The number of piperidine rings is 1. The minimum Gasteiger partial charge on any atom is -0.497 e. The van der Waals surface area contributed by atoms with Crippen molar-refractivity contribution in [3.8, 4) is 5.75 Å². The molecule has 0 unspecified atom stereocenters. The molecule has 2 aromatic carbocycles. The normalized spacial score (nSPS) is 15.0. The topological polar surface area (TPSA) is 84.9 Å². The van der Waals surface area contributed by atoms with E-state index in [1.165, 1.54) is 0 Å². The van der Waals surface area contributed by atoms with Crippen LogP contribution in [0.5, 0.6) is 5.75 Å². The molecule has 7 heteroatoms. The van der Waals surface area contributed by atoms with Gasteiger partial charge in [0.25, 0.3) is 10.9 Å². The predicted molar refractivity (Wildman–Crippen MR) is 103 cm³/mol. The van der Waals surface area contributed by atoms with Crippen LogP contribution in [0.1, 0.15) is 25.3 Å². The molecule has 0 bridgehead atoms. The van der Waals surface area contributed by atoms with Gasteiger partial charge in [0, 0.05) is 19.6 Å². The first-order valence-electron chi connectivity index (χ1n) is 9.16. The van der Waals surface area contributed by atoms with Gasteiger partial charge in [0.1, 0.15) is 17.1 Å². The molecule has 7 nitrogen and oxygen atoms in total. The number of hydrogen-bond donors (Lipinski definition) is 1. The fourth-order valence-electron chi connectivity index (χ4n) is 3.38. The first-order chi connectivity index (χ1) is 13.0. The molecule has 0 aromatic heterocycles. The molecule has 1 aliphatic rings. The van der Waals surface area contributed by atoms with E-state index in [2.05, 4.69) is 5.32 Å². The summed E-state index contributed by atoms with van der Waals surface area (Å²) in [6, 6.07) is 7.50. The van der Waals surface area contributed by atoms with E-state index in [-0.39, 0.29) is 11.9 Å². The van der Waals surface area contributed by atoms with Crippen LogP contribution in [-0.4, -0.2) is 32.8 Å². The molecule has 1 fully saturated rings. The van der Waals surface area contributed by atoms with Crippen molar-refractivity contribution < 1.29 is 14.3 Å². The second kappa shape index (κ2) is 8.24. The molecule has 3 rings (SSSR count). The van der Waals surface area contributed by atoms with Crippen molar-refractivity contribution in [3.05, 3.63) is 50.3 Å². The van der Waals surface area contributed by atoms with Crippen LogP contribution in [0.4, 0.5) is 11.4 Å². The molecule has 0 spiro atoms. The zero-order valence-electron chi connectivity index (χ0n) is 15.6. The van der Waals surface area contributed by atoms with Gasteiger partial charge in [-0.15, -0.1) is 0 Å². The highest BCUT2D eigenvalue weighted by molar-refractivity contribution is 5.76. The average molecular weight is 372 g/mol. The SMILES string of the molecule is CCOC(=O)C1CCN(c2c(NCc3ccc(OC)cc3)c(=O)c2=O)CC1. The Balaban J connectivity index is 1.63. The second-order valence-electron chi connectivity index (χ2n) is 6.60. The van der Waals surface area contributed by atoms with Crippen LogP contribution in [0, 0.1) is 5.92 Å². The second-order valence-corrected chi connectivity index (χ2v) is 6.60. The molecule has 0 radical (unpaired) electrons. The lowest BCUT2D eigenvalue weighted by atomic mass is 9.96. The van der Waals surface area contributed by atoms with E-state index < -0.39 is 10.9 Å². The summed E-state index contributed by atoms with van der Waals surface area (Å²) in [5.41, 5.74) is 0.852. The third-order valence-corrected chi connectivity index (χ3v) is 4.94. The lowest BCUT2D eigenvalue weighted by molar-refractivity contribution is -0.148. The van der Waals surface area contributed by atoms with Crippen LogP contribution in [-0.2, 0) is 16.1 Å². The Morgan fingerprint density at radius 1 is 1.15 bits per heavy atom. The highest BCUT2D eigenvalue weighted by atomic mass is 16.5. The van der Waals surface area contributed by atoms with Crippen LogP contribution < -0.4 is 25.8 Å². The number of hydrogen-bond acceptors (Lipinski definition) is 7. The number of methoxy groups -OCH3 is 1. The summed E-state index contributed by atoms with van der Waals surface area (Å²) >= 11 is 0. The fourth-order valence-corrected chi connectivity index (χ4v) is 3.38. The molecular weight excluding hydrogens is 348 g/mol. The van der Waals surface area contributed by atoms with Gasteiger partial charge >= 0.3 is 5.97 Å². The molecule has 1 N–H and O–H groups in total. The zero-order valence-corrected chi connectivity index (χ0v) is 15.6. The minimum absolute atomic E-state index is 0.136. The first kappa shape index (κ1) is 18.9. The van der Waals surface area contributed by atoms with Crippen molar-refractivity contribution in [3.63, 3.8) is 0 Å². The number of anilines is 2. The Kier molecular flexibility index (Phi) is 5.78. The Hall–Kier alpha value is -2.83. The van der Waals surface area contributed by atoms with Crippen LogP contribution in [0.2, 0.25) is 0 Å². The molecule has 1 aliphatic heterocycles. The molecule has 27 heavy (non-hydrogen) atoms. The summed E-state index contributed by atoms with van der Waals surface area (Å²) in [7, 11) is 1.61. The van der Waals surface area contributed by atoms with Gasteiger partial charge in [0.15, 0.2) is 0 Å². The number of carbonyl (C=O) groups excluding carboxylic acids is 1. The molecule has 0 saturated carbocycles. The maximum Gasteiger partial charge on any atom is 0.309 e. The third-order valence-electron chi connectivity index (χ3n) is 4.94. The Morgan fingerprint density at radius 3 is 2.41 bits per heavy atom. The van der Waals surface area contributed by atoms with E-state index >= 15 is 0 Å². The van der Waals surface area contributed by atoms with Crippen molar-refractivity contribution in [2.24, 2.45) is 5.92 Å². The molecule has 0 atom stereocenters.